The minimum Gasteiger partial charge on any atom is -0.398 e. The Kier molecular flexibility index (Phi) is 3.06. The Morgan fingerprint density at radius 2 is 2.00 bits per heavy atom. The van der Waals surface area contributed by atoms with E-state index in [4.69, 9.17) is 17.3 Å². The summed E-state index contributed by atoms with van der Waals surface area (Å²) >= 11 is 6.01. The van der Waals surface area contributed by atoms with Gasteiger partial charge in [-0.2, -0.15) is 0 Å². The summed E-state index contributed by atoms with van der Waals surface area (Å²) in [6.07, 6.45) is 5.20. The van der Waals surface area contributed by atoms with Crippen LogP contribution in [-0.4, -0.2) is 6.04 Å². The van der Waals surface area contributed by atoms with Crippen LogP contribution in [0.15, 0.2) is 12.1 Å². The third-order valence-corrected chi connectivity index (χ3v) is 3.39. The monoisotopic (exact) mass is 224 g/mol. The standard InChI is InChI=1S/C12H17ClN2/c1-8-6-11(14)10(13)7-12(8)15-9-4-2-3-5-9/h6-7,9,15H,2-5,14H2,1H3. The number of rotatable bonds is 2. The molecule has 0 radical (unpaired) electrons. The highest BCUT2D eigenvalue weighted by Crippen LogP contribution is 2.29. The van der Waals surface area contributed by atoms with Crippen LogP contribution < -0.4 is 11.1 Å². The molecule has 2 rings (SSSR count). The number of nitrogen functional groups attached to an aromatic ring is 1. The van der Waals surface area contributed by atoms with E-state index in [1.165, 1.54) is 31.2 Å². The van der Waals surface area contributed by atoms with Gasteiger partial charge < -0.3 is 11.1 Å². The summed E-state index contributed by atoms with van der Waals surface area (Å²) in [5.41, 5.74) is 8.69. The van der Waals surface area contributed by atoms with Gasteiger partial charge in [0.25, 0.3) is 0 Å². The Labute approximate surface area is 95.8 Å². The van der Waals surface area contributed by atoms with Crippen molar-refractivity contribution in [2.24, 2.45) is 0 Å². The number of hydrogen-bond acceptors (Lipinski definition) is 2. The van der Waals surface area contributed by atoms with Gasteiger partial charge in [-0.15, -0.1) is 0 Å². The largest absolute Gasteiger partial charge is 0.398 e. The van der Waals surface area contributed by atoms with Crippen LogP contribution in [-0.2, 0) is 0 Å². The molecule has 1 fully saturated rings. The van der Waals surface area contributed by atoms with Gasteiger partial charge in [0.05, 0.1) is 10.7 Å². The number of nitrogens with two attached hydrogens (primary N) is 1. The highest BCUT2D eigenvalue weighted by Gasteiger charge is 2.15. The van der Waals surface area contributed by atoms with Crippen LogP contribution in [0.5, 0.6) is 0 Å². The number of benzene rings is 1. The minimum absolute atomic E-state index is 0.614. The summed E-state index contributed by atoms with van der Waals surface area (Å²) in [5, 5.41) is 4.18. The Morgan fingerprint density at radius 1 is 1.33 bits per heavy atom. The molecule has 0 heterocycles. The van der Waals surface area contributed by atoms with E-state index in [9.17, 15) is 0 Å². The van der Waals surface area contributed by atoms with Gasteiger partial charge >= 0.3 is 0 Å². The molecule has 0 atom stereocenters. The summed E-state index contributed by atoms with van der Waals surface area (Å²) in [7, 11) is 0. The van der Waals surface area contributed by atoms with E-state index in [2.05, 4.69) is 12.2 Å². The molecule has 2 nitrogen and oxygen atoms in total. The van der Waals surface area contributed by atoms with Crippen molar-refractivity contribution in [3.8, 4) is 0 Å². The summed E-state index contributed by atoms with van der Waals surface area (Å²) in [6.45, 7) is 2.06. The van der Waals surface area contributed by atoms with Crippen molar-refractivity contribution < 1.29 is 0 Å². The number of anilines is 2. The first kappa shape index (κ1) is 10.6. The Bertz CT molecular complexity index is 357. The van der Waals surface area contributed by atoms with Gasteiger partial charge in [0.2, 0.25) is 0 Å². The molecule has 0 amide bonds. The molecule has 0 unspecified atom stereocenters. The lowest BCUT2D eigenvalue weighted by atomic mass is 10.1. The van der Waals surface area contributed by atoms with Gasteiger partial charge in [0.15, 0.2) is 0 Å². The van der Waals surface area contributed by atoms with Gasteiger partial charge in [-0.05, 0) is 37.5 Å². The third-order valence-electron chi connectivity index (χ3n) is 3.06. The van der Waals surface area contributed by atoms with Crippen LogP contribution >= 0.6 is 11.6 Å². The van der Waals surface area contributed by atoms with Crippen molar-refractivity contribution in [3.05, 3.63) is 22.7 Å². The van der Waals surface area contributed by atoms with Crippen LogP contribution in [0.25, 0.3) is 0 Å². The van der Waals surface area contributed by atoms with Gasteiger partial charge in [-0.25, -0.2) is 0 Å². The summed E-state index contributed by atoms with van der Waals surface area (Å²) in [5.74, 6) is 0. The lowest BCUT2D eigenvalue weighted by Gasteiger charge is -2.16. The molecule has 1 aliphatic rings. The van der Waals surface area contributed by atoms with Crippen molar-refractivity contribution >= 4 is 23.0 Å². The normalized spacial score (nSPS) is 16.9. The van der Waals surface area contributed by atoms with E-state index < -0.39 is 0 Å². The second-order valence-corrected chi connectivity index (χ2v) is 4.72. The fraction of sp³-hybridized carbons (Fsp3) is 0.500. The Balaban J connectivity index is 2.16. The second kappa shape index (κ2) is 4.31. The molecule has 82 valence electrons. The maximum atomic E-state index is 6.01. The predicted molar refractivity (Wildman–Crippen MR) is 66.5 cm³/mol. The zero-order valence-electron chi connectivity index (χ0n) is 9.02. The van der Waals surface area contributed by atoms with Crippen LogP contribution in [0.4, 0.5) is 11.4 Å². The molecule has 0 spiro atoms. The number of aryl methyl sites for hydroxylation is 1. The lowest BCUT2D eigenvalue weighted by molar-refractivity contribution is 0.754. The van der Waals surface area contributed by atoms with Crippen molar-refractivity contribution in [2.45, 2.75) is 38.6 Å². The third kappa shape index (κ3) is 2.37. The molecule has 3 heteroatoms. The molecule has 0 saturated heterocycles. The van der Waals surface area contributed by atoms with Crippen molar-refractivity contribution in [2.75, 3.05) is 11.1 Å². The van der Waals surface area contributed by atoms with E-state index in [0.29, 0.717) is 16.8 Å². The van der Waals surface area contributed by atoms with Crippen LogP contribution in [0, 0.1) is 6.92 Å². The van der Waals surface area contributed by atoms with E-state index in [1.54, 1.807) is 0 Å². The molecule has 0 bridgehead atoms. The molecule has 1 aliphatic carbocycles. The summed E-state index contributed by atoms with van der Waals surface area (Å²) < 4.78 is 0. The zero-order valence-corrected chi connectivity index (χ0v) is 9.77. The molecule has 15 heavy (non-hydrogen) atoms. The number of nitrogens with one attached hydrogen (secondary N) is 1. The maximum Gasteiger partial charge on any atom is 0.0656 e. The smallest absolute Gasteiger partial charge is 0.0656 e. The fourth-order valence-corrected chi connectivity index (χ4v) is 2.31. The first-order chi connectivity index (χ1) is 7.16. The van der Waals surface area contributed by atoms with Gasteiger partial charge in [0, 0.05) is 11.7 Å². The molecule has 3 N–H and O–H groups in total. The maximum absolute atomic E-state index is 6.01. The quantitative estimate of drug-likeness (QED) is 0.754. The lowest BCUT2D eigenvalue weighted by Crippen LogP contribution is -2.15. The highest BCUT2D eigenvalue weighted by molar-refractivity contribution is 6.33. The van der Waals surface area contributed by atoms with E-state index in [1.807, 2.05) is 12.1 Å². The Hall–Kier alpha value is -0.890. The van der Waals surface area contributed by atoms with Gasteiger partial charge in [0.1, 0.15) is 0 Å². The SMILES string of the molecule is Cc1cc(N)c(Cl)cc1NC1CCCC1. The molecular weight excluding hydrogens is 208 g/mol. The zero-order chi connectivity index (χ0) is 10.8. The molecule has 1 aromatic rings. The first-order valence-corrected chi connectivity index (χ1v) is 5.87. The van der Waals surface area contributed by atoms with Crippen molar-refractivity contribution in [1.29, 1.82) is 0 Å². The molecule has 0 aliphatic heterocycles. The topological polar surface area (TPSA) is 38.0 Å². The van der Waals surface area contributed by atoms with Crippen molar-refractivity contribution in [1.82, 2.24) is 0 Å². The van der Waals surface area contributed by atoms with Gasteiger partial charge in [-0.3, -0.25) is 0 Å². The van der Waals surface area contributed by atoms with E-state index in [0.717, 1.165) is 5.69 Å². The van der Waals surface area contributed by atoms with Crippen LogP contribution in [0.1, 0.15) is 31.2 Å². The minimum atomic E-state index is 0.614. The van der Waals surface area contributed by atoms with E-state index in [-0.39, 0.29) is 0 Å². The summed E-state index contributed by atoms with van der Waals surface area (Å²) in [6, 6.07) is 4.48. The molecule has 1 saturated carbocycles. The average Bonchev–Trinajstić information content (AvgIpc) is 2.67. The average molecular weight is 225 g/mol. The van der Waals surface area contributed by atoms with E-state index >= 15 is 0 Å². The van der Waals surface area contributed by atoms with Crippen molar-refractivity contribution in [3.63, 3.8) is 0 Å². The second-order valence-electron chi connectivity index (χ2n) is 4.31. The highest BCUT2D eigenvalue weighted by atomic mass is 35.5. The molecule has 1 aromatic carbocycles. The predicted octanol–water partition coefficient (Wildman–Crippen LogP) is 3.59. The van der Waals surface area contributed by atoms with Crippen LogP contribution in [0.3, 0.4) is 0 Å². The Morgan fingerprint density at radius 3 is 2.67 bits per heavy atom. The number of halogens is 1. The first-order valence-electron chi connectivity index (χ1n) is 5.49. The molecule has 0 aromatic heterocycles. The van der Waals surface area contributed by atoms with Gasteiger partial charge in [-0.1, -0.05) is 24.4 Å². The fourth-order valence-electron chi connectivity index (χ4n) is 2.15. The molecular formula is C12H17ClN2. The summed E-state index contributed by atoms with van der Waals surface area (Å²) in [4.78, 5) is 0. The van der Waals surface area contributed by atoms with Crippen LogP contribution in [0.2, 0.25) is 5.02 Å². The number of hydrogen-bond donors (Lipinski definition) is 2.